The summed E-state index contributed by atoms with van der Waals surface area (Å²) >= 11 is 5.83. The molecule has 0 saturated heterocycles. The van der Waals surface area contributed by atoms with Gasteiger partial charge in [0.05, 0.1) is 11.3 Å². The maximum Gasteiger partial charge on any atom is 0.380 e. The summed E-state index contributed by atoms with van der Waals surface area (Å²) in [7, 11) is 1.70. The zero-order chi connectivity index (χ0) is 18.8. The number of nitrogens with zero attached hydrogens (tertiary/aromatic N) is 4. The second-order valence-electron chi connectivity index (χ2n) is 5.59. The third-order valence-electron chi connectivity index (χ3n) is 3.82. The van der Waals surface area contributed by atoms with Crippen LogP contribution in [0.1, 0.15) is 27.6 Å². The van der Waals surface area contributed by atoms with Crippen LogP contribution in [0.2, 0.25) is 5.02 Å². The molecule has 0 unspecified atom stereocenters. The van der Waals surface area contributed by atoms with Crippen molar-refractivity contribution in [2.45, 2.75) is 20.5 Å². The Labute approximate surface area is 153 Å². The van der Waals surface area contributed by atoms with Crippen molar-refractivity contribution in [2.75, 3.05) is 0 Å². The topological polar surface area (TPSA) is 100 Å². The molecule has 0 aliphatic rings. The number of esters is 1. The molecule has 0 radical (unpaired) electrons. The number of Topliss-reactive ketones (excluding diaryl/α,β-unsaturated/α-hetero) is 1. The highest BCUT2D eigenvalue weighted by Crippen LogP contribution is 2.19. The molecular formula is C17H15ClN4O4. The van der Waals surface area contributed by atoms with Crippen molar-refractivity contribution in [1.29, 1.82) is 0 Å². The van der Waals surface area contributed by atoms with E-state index in [1.807, 2.05) is 0 Å². The van der Waals surface area contributed by atoms with E-state index in [1.54, 1.807) is 45.2 Å². The van der Waals surface area contributed by atoms with E-state index >= 15 is 0 Å². The first-order valence-electron chi connectivity index (χ1n) is 7.67. The van der Waals surface area contributed by atoms with Crippen molar-refractivity contribution in [2.24, 2.45) is 7.05 Å². The van der Waals surface area contributed by atoms with Crippen LogP contribution in [-0.4, -0.2) is 31.7 Å². The van der Waals surface area contributed by atoms with Gasteiger partial charge in [0, 0.05) is 23.3 Å². The molecule has 9 heteroatoms. The average molecular weight is 375 g/mol. The van der Waals surface area contributed by atoms with Crippen molar-refractivity contribution >= 4 is 23.4 Å². The van der Waals surface area contributed by atoms with E-state index in [2.05, 4.69) is 15.2 Å². The molecular weight excluding hydrogens is 360 g/mol. The molecule has 3 rings (SSSR count). The Hall–Kier alpha value is -3.00. The van der Waals surface area contributed by atoms with Gasteiger partial charge < -0.3 is 9.26 Å². The molecule has 26 heavy (non-hydrogen) atoms. The van der Waals surface area contributed by atoms with Crippen LogP contribution < -0.4 is 0 Å². The predicted octanol–water partition coefficient (Wildman–Crippen LogP) is 2.67. The molecule has 2 heterocycles. The van der Waals surface area contributed by atoms with Crippen molar-refractivity contribution in [3.05, 3.63) is 52.1 Å². The number of carbonyl (C=O) groups is 2. The van der Waals surface area contributed by atoms with Crippen molar-refractivity contribution in [3.63, 3.8) is 0 Å². The van der Waals surface area contributed by atoms with Crippen LogP contribution >= 0.6 is 11.6 Å². The summed E-state index contributed by atoms with van der Waals surface area (Å²) in [5.74, 6) is -1.35. The van der Waals surface area contributed by atoms with E-state index in [9.17, 15) is 9.59 Å². The fraction of sp³-hybridized carbons (Fsp3) is 0.235. The average Bonchev–Trinajstić information content (AvgIpc) is 3.18. The lowest BCUT2D eigenvalue weighted by Gasteiger charge is -2.01. The largest absolute Gasteiger partial charge is 0.450 e. The first-order chi connectivity index (χ1) is 12.4. The van der Waals surface area contributed by atoms with Crippen molar-refractivity contribution in [3.8, 4) is 11.4 Å². The van der Waals surface area contributed by atoms with Gasteiger partial charge in [-0.3, -0.25) is 9.48 Å². The van der Waals surface area contributed by atoms with Gasteiger partial charge in [-0.15, -0.1) is 0 Å². The predicted molar refractivity (Wildman–Crippen MR) is 91.6 cm³/mol. The Morgan fingerprint density at radius 1 is 1.23 bits per heavy atom. The minimum absolute atomic E-state index is 0.0794. The molecule has 0 spiro atoms. The van der Waals surface area contributed by atoms with Gasteiger partial charge in [-0.05, 0) is 38.1 Å². The molecule has 1 aromatic carbocycles. The fourth-order valence-corrected chi connectivity index (χ4v) is 2.55. The zero-order valence-electron chi connectivity index (χ0n) is 14.3. The van der Waals surface area contributed by atoms with Crippen LogP contribution in [0, 0.1) is 13.8 Å². The summed E-state index contributed by atoms with van der Waals surface area (Å²) in [4.78, 5) is 28.4. The maximum atomic E-state index is 12.3. The van der Waals surface area contributed by atoms with E-state index in [0.717, 1.165) is 0 Å². The highest BCUT2D eigenvalue weighted by Gasteiger charge is 2.25. The summed E-state index contributed by atoms with van der Waals surface area (Å²) in [6, 6.07) is 6.87. The minimum atomic E-state index is -1.00. The Balaban J connectivity index is 1.66. The highest BCUT2D eigenvalue weighted by atomic mass is 35.5. The third-order valence-corrected chi connectivity index (χ3v) is 4.07. The van der Waals surface area contributed by atoms with E-state index in [-0.39, 0.29) is 18.1 Å². The van der Waals surface area contributed by atoms with Crippen molar-refractivity contribution < 1.29 is 18.8 Å². The number of halogens is 1. The number of aryl methyl sites for hydroxylation is 2. The first kappa shape index (κ1) is 17.8. The molecule has 0 aliphatic carbocycles. The van der Waals surface area contributed by atoms with Crippen LogP contribution in [-0.2, 0) is 23.2 Å². The number of aromatic nitrogens is 4. The number of hydrogen-bond donors (Lipinski definition) is 0. The molecule has 0 bridgehead atoms. The van der Waals surface area contributed by atoms with Crippen LogP contribution in [0.5, 0.6) is 0 Å². The lowest BCUT2D eigenvalue weighted by atomic mass is 10.1. The van der Waals surface area contributed by atoms with Gasteiger partial charge in [-0.1, -0.05) is 16.8 Å². The highest BCUT2D eigenvalue weighted by molar-refractivity contribution is 6.41. The smallest absolute Gasteiger partial charge is 0.380 e. The molecule has 0 atom stereocenters. The van der Waals surface area contributed by atoms with Crippen LogP contribution in [0.15, 0.2) is 28.8 Å². The van der Waals surface area contributed by atoms with Gasteiger partial charge in [0.2, 0.25) is 5.82 Å². The molecule has 8 nitrogen and oxygen atoms in total. The van der Waals surface area contributed by atoms with Crippen LogP contribution in [0.4, 0.5) is 0 Å². The Morgan fingerprint density at radius 3 is 2.54 bits per heavy atom. The fourth-order valence-electron chi connectivity index (χ4n) is 2.43. The number of ether oxygens (including phenoxy) is 1. The summed E-state index contributed by atoms with van der Waals surface area (Å²) in [5, 5.41) is 8.51. The van der Waals surface area contributed by atoms with E-state index in [0.29, 0.717) is 27.8 Å². The van der Waals surface area contributed by atoms with E-state index in [4.69, 9.17) is 20.9 Å². The summed E-state index contributed by atoms with van der Waals surface area (Å²) in [5.41, 5.74) is 2.00. The monoisotopic (exact) mass is 374 g/mol. The number of ketones is 1. The zero-order valence-corrected chi connectivity index (χ0v) is 15.1. The number of carbonyl (C=O) groups excluding carboxylic acids is 2. The summed E-state index contributed by atoms with van der Waals surface area (Å²) in [6.45, 7) is 3.06. The van der Waals surface area contributed by atoms with Gasteiger partial charge >= 0.3 is 5.97 Å². The summed E-state index contributed by atoms with van der Waals surface area (Å²) in [6.07, 6.45) is 0. The molecule has 0 aliphatic heterocycles. The molecule has 134 valence electrons. The third kappa shape index (κ3) is 3.50. The lowest BCUT2D eigenvalue weighted by molar-refractivity contribution is -0.140. The Kier molecular flexibility index (Phi) is 4.85. The SMILES string of the molecule is Cc1nn(C)c(C)c1C(=O)C(=O)OCc1nc(-c2ccc(Cl)cc2)no1. The number of benzene rings is 1. The quantitative estimate of drug-likeness (QED) is 0.384. The molecule has 0 saturated carbocycles. The van der Waals surface area contributed by atoms with Crippen molar-refractivity contribution in [1.82, 2.24) is 19.9 Å². The molecule has 2 aromatic heterocycles. The molecule has 0 N–H and O–H groups in total. The lowest BCUT2D eigenvalue weighted by Crippen LogP contribution is -2.19. The van der Waals surface area contributed by atoms with Gasteiger partial charge in [0.25, 0.3) is 11.7 Å². The first-order valence-corrected chi connectivity index (χ1v) is 8.04. The number of rotatable bonds is 5. The van der Waals surface area contributed by atoms with Crippen LogP contribution in [0.25, 0.3) is 11.4 Å². The molecule has 0 amide bonds. The standard InChI is InChI=1S/C17H15ClN4O4/c1-9-14(10(2)22(3)20-9)15(23)17(24)25-8-13-19-16(21-26-13)11-4-6-12(18)7-5-11/h4-7H,8H2,1-3H3. The van der Waals surface area contributed by atoms with E-state index in [1.165, 1.54) is 4.68 Å². The van der Waals surface area contributed by atoms with Gasteiger partial charge in [-0.25, -0.2) is 4.79 Å². The van der Waals surface area contributed by atoms with Gasteiger partial charge in [0.1, 0.15) is 0 Å². The van der Waals surface area contributed by atoms with E-state index < -0.39 is 11.8 Å². The molecule has 0 fully saturated rings. The van der Waals surface area contributed by atoms with Gasteiger partial charge in [-0.2, -0.15) is 10.1 Å². The summed E-state index contributed by atoms with van der Waals surface area (Å²) < 4.78 is 11.6. The minimum Gasteiger partial charge on any atom is -0.450 e. The normalized spacial score (nSPS) is 10.8. The second kappa shape index (κ2) is 7.09. The number of hydrogen-bond acceptors (Lipinski definition) is 7. The Bertz CT molecular complexity index is 975. The van der Waals surface area contributed by atoms with Gasteiger partial charge in [0.15, 0.2) is 6.61 Å². The Morgan fingerprint density at radius 2 is 1.92 bits per heavy atom. The van der Waals surface area contributed by atoms with Crippen LogP contribution in [0.3, 0.4) is 0 Å². The molecule has 3 aromatic rings. The second-order valence-corrected chi connectivity index (χ2v) is 6.03. The maximum absolute atomic E-state index is 12.3.